The molecule has 0 amide bonds. The van der Waals surface area contributed by atoms with Crippen LogP contribution in [0.25, 0.3) is 0 Å². The van der Waals surface area contributed by atoms with Gasteiger partial charge in [0, 0.05) is 15.1 Å². The van der Waals surface area contributed by atoms with Crippen LogP contribution < -0.4 is 0 Å². The second-order valence-corrected chi connectivity index (χ2v) is 6.90. The van der Waals surface area contributed by atoms with Crippen LogP contribution in [0, 0.1) is 34.6 Å². The van der Waals surface area contributed by atoms with E-state index in [1.165, 1.54) is 16.7 Å². The zero-order chi connectivity index (χ0) is 15.9. The molecule has 2 aromatic rings. The summed E-state index contributed by atoms with van der Waals surface area (Å²) in [6.45, 7) is 10.5. The first-order valence-electron chi connectivity index (χ1n) is 6.95. The number of hydrogen-bond donors (Lipinski definition) is 1. The van der Waals surface area contributed by atoms with Crippen LogP contribution in [-0.4, -0.2) is 5.11 Å². The highest BCUT2D eigenvalue weighted by Crippen LogP contribution is 2.37. The number of hydrogen-bond acceptors (Lipinski definition) is 1. The number of aliphatic hydroxyl groups is 1. The van der Waals surface area contributed by atoms with E-state index in [1.807, 2.05) is 18.2 Å². The lowest BCUT2D eigenvalue weighted by Gasteiger charge is -2.23. The maximum absolute atomic E-state index is 10.9. The molecule has 21 heavy (non-hydrogen) atoms. The van der Waals surface area contributed by atoms with Gasteiger partial charge in [-0.3, -0.25) is 0 Å². The largest absolute Gasteiger partial charge is 0.384 e. The lowest BCUT2D eigenvalue weighted by Crippen LogP contribution is -2.09. The van der Waals surface area contributed by atoms with E-state index in [-0.39, 0.29) is 0 Å². The Kier molecular flexibility index (Phi) is 4.82. The Hall–Kier alpha value is -0.830. The molecule has 0 aromatic heterocycles. The van der Waals surface area contributed by atoms with Gasteiger partial charge in [0.2, 0.25) is 0 Å². The molecule has 1 nitrogen and oxygen atoms in total. The number of benzene rings is 2. The van der Waals surface area contributed by atoms with Gasteiger partial charge < -0.3 is 5.11 Å². The second-order valence-electron chi connectivity index (χ2n) is 5.61. The standard InChI is InChI=1S/C18H20BrClO/c1-9-10(2)12(4)17(13(5)11(9)3)18(21)15-8-14(20)6-7-16(15)19/h6-8,18,21H,1-5H3. The van der Waals surface area contributed by atoms with Crippen molar-refractivity contribution in [2.75, 3.05) is 0 Å². The first-order chi connectivity index (χ1) is 9.75. The summed E-state index contributed by atoms with van der Waals surface area (Å²) >= 11 is 9.59. The van der Waals surface area contributed by atoms with Crippen molar-refractivity contribution < 1.29 is 5.11 Å². The summed E-state index contributed by atoms with van der Waals surface area (Å²) in [7, 11) is 0. The van der Waals surface area contributed by atoms with E-state index in [2.05, 4.69) is 50.5 Å². The van der Waals surface area contributed by atoms with Gasteiger partial charge in [-0.15, -0.1) is 0 Å². The van der Waals surface area contributed by atoms with E-state index in [0.29, 0.717) is 5.02 Å². The van der Waals surface area contributed by atoms with Crippen LogP contribution in [0.4, 0.5) is 0 Å². The van der Waals surface area contributed by atoms with Crippen molar-refractivity contribution in [2.45, 2.75) is 40.7 Å². The Bertz CT molecular complexity index is 678. The molecular formula is C18H20BrClO. The van der Waals surface area contributed by atoms with Crippen molar-refractivity contribution in [1.82, 2.24) is 0 Å². The molecule has 0 saturated heterocycles. The molecular weight excluding hydrogens is 348 g/mol. The zero-order valence-corrected chi connectivity index (χ0v) is 15.4. The highest BCUT2D eigenvalue weighted by molar-refractivity contribution is 9.10. The van der Waals surface area contributed by atoms with Crippen LogP contribution >= 0.6 is 27.5 Å². The molecule has 0 spiro atoms. The average molecular weight is 368 g/mol. The van der Waals surface area contributed by atoms with Crippen LogP contribution in [-0.2, 0) is 0 Å². The minimum absolute atomic E-state index is 0.628. The monoisotopic (exact) mass is 366 g/mol. The fraction of sp³-hybridized carbons (Fsp3) is 0.333. The highest BCUT2D eigenvalue weighted by atomic mass is 79.9. The van der Waals surface area contributed by atoms with Crippen LogP contribution in [0.1, 0.15) is 45.0 Å². The molecule has 2 aromatic carbocycles. The first-order valence-corrected chi connectivity index (χ1v) is 8.12. The zero-order valence-electron chi connectivity index (χ0n) is 13.0. The van der Waals surface area contributed by atoms with Gasteiger partial charge in [-0.25, -0.2) is 0 Å². The molecule has 1 atom stereocenters. The summed E-state index contributed by atoms with van der Waals surface area (Å²) in [6.07, 6.45) is -0.684. The van der Waals surface area contributed by atoms with Crippen LogP contribution in [0.5, 0.6) is 0 Å². The van der Waals surface area contributed by atoms with Gasteiger partial charge >= 0.3 is 0 Å². The van der Waals surface area contributed by atoms with Crippen molar-refractivity contribution in [3.8, 4) is 0 Å². The van der Waals surface area contributed by atoms with Gasteiger partial charge in [-0.1, -0.05) is 27.5 Å². The predicted octanol–water partition coefficient (Wildman–Crippen LogP) is 5.73. The SMILES string of the molecule is Cc1c(C)c(C)c(C(O)c2cc(Cl)ccc2Br)c(C)c1C. The Morgan fingerprint density at radius 1 is 0.905 bits per heavy atom. The van der Waals surface area contributed by atoms with Crippen molar-refractivity contribution in [3.63, 3.8) is 0 Å². The van der Waals surface area contributed by atoms with E-state index >= 15 is 0 Å². The topological polar surface area (TPSA) is 20.2 Å². The average Bonchev–Trinajstić information content (AvgIpc) is 2.45. The molecule has 1 N–H and O–H groups in total. The van der Waals surface area contributed by atoms with Crippen LogP contribution in [0.2, 0.25) is 5.02 Å². The number of rotatable bonds is 2. The summed E-state index contributed by atoms with van der Waals surface area (Å²) in [6, 6.07) is 5.51. The molecule has 2 rings (SSSR count). The molecule has 1 unspecified atom stereocenters. The van der Waals surface area contributed by atoms with Crippen molar-refractivity contribution in [1.29, 1.82) is 0 Å². The van der Waals surface area contributed by atoms with E-state index in [4.69, 9.17) is 11.6 Å². The smallest absolute Gasteiger partial charge is 0.106 e. The third-order valence-corrected chi connectivity index (χ3v) is 5.54. The molecule has 0 aliphatic heterocycles. The van der Waals surface area contributed by atoms with E-state index in [9.17, 15) is 5.11 Å². The maximum atomic E-state index is 10.9. The van der Waals surface area contributed by atoms with Gasteiger partial charge in [0.05, 0.1) is 0 Å². The summed E-state index contributed by atoms with van der Waals surface area (Å²) in [4.78, 5) is 0. The van der Waals surface area contributed by atoms with E-state index in [1.54, 1.807) is 0 Å². The van der Waals surface area contributed by atoms with E-state index in [0.717, 1.165) is 26.7 Å². The summed E-state index contributed by atoms with van der Waals surface area (Å²) in [5, 5.41) is 11.5. The summed E-state index contributed by atoms with van der Waals surface area (Å²) in [5.41, 5.74) is 7.86. The predicted molar refractivity (Wildman–Crippen MR) is 93.3 cm³/mol. The lowest BCUT2D eigenvalue weighted by molar-refractivity contribution is 0.218. The minimum Gasteiger partial charge on any atom is -0.384 e. The third-order valence-electron chi connectivity index (χ3n) is 4.58. The van der Waals surface area contributed by atoms with Crippen LogP contribution in [0.3, 0.4) is 0 Å². The molecule has 0 fully saturated rings. The molecule has 3 heteroatoms. The molecule has 0 radical (unpaired) electrons. The van der Waals surface area contributed by atoms with Gasteiger partial charge in [0.25, 0.3) is 0 Å². The molecule has 0 aliphatic rings. The lowest BCUT2D eigenvalue weighted by atomic mass is 9.85. The number of halogens is 2. The minimum atomic E-state index is -0.684. The molecule has 112 valence electrons. The maximum Gasteiger partial charge on any atom is 0.106 e. The molecule has 0 bridgehead atoms. The van der Waals surface area contributed by atoms with Gasteiger partial charge in [-0.05, 0) is 86.2 Å². The fourth-order valence-electron chi connectivity index (χ4n) is 2.82. The van der Waals surface area contributed by atoms with Gasteiger partial charge in [0.1, 0.15) is 6.10 Å². The van der Waals surface area contributed by atoms with Gasteiger partial charge in [0.15, 0.2) is 0 Å². The third kappa shape index (κ3) is 2.90. The van der Waals surface area contributed by atoms with Crippen LogP contribution in [0.15, 0.2) is 22.7 Å². The Labute approximate surface area is 140 Å². The van der Waals surface area contributed by atoms with Crippen molar-refractivity contribution in [3.05, 3.63) is 66.6 Å². The molecule has 0 heterocycles. The Balaban J connectivity index is 2.69. The fourth-order valence-corrected chi connectivity index (χ4v) is 3.46. The Morgan fingerprint density at radius 3 is 1.90 bits per heavy atom. The summed E-state index contributed by atoms with van der Waals surface area (Å²) in [5.74, 6) is 0. The second kappa shape index (κ2) is 6.12. The van der Waals surface area contributed by atoms with Crippen molar-refractivity contribution in [2.24, 2.45) is 0 Å². The quantitative estimate of drug-likeness (QED) is 0.719. The highest BCUT2D eigenvalue weighted by Gasteiger charge is 2.21. The Morgan fingerprint density at radius 2 is 1.38 bits per heavy atom. The van der Waals surface area contributed by atoms with Crippen molar-refractivity contribution >= 4 is 27.5 Å². The summed E-state index contributed by atoms with van der Waals surface area (Å²) < 4.78 is 0.870. The van der Waals surface area contributed by atoms with Gasteiger partial charge in [-0.2, -0.15) is 0 Å². The first kappa shape index (κ1) is 16.5. The normalized spacial score (nSPS) is 12.6. The van der Waals surface area contributed by atoms with E-state index < -0.39 is 6.10 Å². The molecule has 0 aliphatic carbocycles. The number of aliphatic hydroxyl groups excluding tert-OH is 1. The molecule has 0 saturated carbocycles.